The summed E-state index contributed by atoms with van der Waals surface area (Å²) in [6, 6.07) is 12.0. The average molecular weight is 399 g/mol. The fourth-order valence-electron chi connectivity index (χ4n) is 2.25. The third kappa shape index (κ3) is 4.51. The lowest BCUT2D eigenvalue weighted by molar-refractivity contribution is 0.592. The van der Waals surface area contributed by atoms with Gasteiger partial charge < -0.3 is 0 Å². The predicted octanol–water partition coefficient (Wildman–Crippen LogP) is 4.19. The van der Waals surface area contributed by atoms with Crippen LogP contribution in [0.5, 0.6) is 0 Å². The van der Waals surface area contributed by atoms with Crippen LogP contribution in [0.3, 0.4) is 0 Å². The van der Waals surface area contributed by atoms with Crippen molar-refractivity contribution < 1.29 is 16.8 Å². The second kappa shape index (κ2) is 7.32. The Morgan fingerprint density at radius 2 is 1.32 bits per heavy atom. The van der Waals surface area contributed by atoms with E-state index < -0.39 is 25.4 Å². The molecule has 0 unspecified atom stereocenters. The molecule has 0 fully saturated rings. The summed E-state index contributed by atoms with van der Waals surface area (Å²) in [5, 5.41) is 0.411. The van der Waals surface area contributed by atoms with E-state index in [1.54, 1.807) is 26.0 Å². The number of sulfone groups is 2. The third-order valence-electron chi connectivity index (χ3n) is 3.71. The molecule has 0 saturated carbocycles. The van der Waals surface area contributed by atoms with Crippen molar-refractivity contribution in [3.8, 4) is 0 Å². The Balaban J connectivity index is 2.48. The molecule has 25 heavy (non-hydrogen) atoms. The molecule has 0 radical (unpaired) electrons. The van der Waals surface area contributed by atoms with Crippen LogP contribution in [0.4, 0.5) is 0 Å². The second-order valence-corrected chi connectivity index (χ2v) is 10.3. The zero-order valence-corrected chi connectivity index (χ0v) is 16.5. The van der Waals surface area contributed by atoms with Crippen LogP contribution in [0, 0.1) is 6.92 Å². The lowest BCUT2D eigenvalue weighted by Gasteiger charge is -2.13. The van der Waals surface area contributed by atoms with Gasteiger partial charge in [0, 0.05) is 5.02 Å². The third-order valence-corrected chi connectivity index (χ3v) is 7.90. The quantitative estimate of drug-likeness (QED) is 0.757. The first kappa shape index (κ1) is 19.7. The van der Waals surface area contributed by atoms with Gasteiger partial charge in [0.05, 0.1) is 20.4 Å². The highest BCUT2D eigenvalue weighted by molar-refractivity contribution is 7.98. The lowest BCUT2D eigenvalue weighted by atomic mass is 10.2. The van der Waals surface area contributed by atoms with Crippen LogP contribution in [0.25, 0.3) is 0 Å². The molecule has 0 aliphatic rings. The van der Waals surface area contributed by atoms with Crippen molar-refractivity contribution in [2.24, 2.45) is 0 Å². The summed E-state index contributed by atoms with van der Waals surface area (Å²) in [5.41, 5.74) is 1.37. The minimum Gasteiger partial charge on any atom is -0.223 e. The molecule has 0 heterocycles. The van der Waals surface area contributed by atoms with Gasteiger partial charge in [-0.2, -0.15) is 0 Å². The highest BCUT2D eigenvalue weighted by atomic mass is 35.5. The van der Waals surface area contributed by atoms with Crippen LogP contribution >= 0.6 is 11.6 Å². The van der Waals surface area contributed by atoms with Crippen molar-refractivity contribution in [2.45, 2.75) is 30.6 Å². The maximum atomic E-state index is 12.9. The van der Waals surface area contributed by atoms with Crippen LogP contribution in [-0.4, -0.2) is 22.6 Å². The summed E-state index contributed by atoms with van der Waals surface area (Å²) in [5.74, 6) is -0.590. The molecular weight excluding hydrogens is 380 g/mol. The van der Waals surface area contributed by atoms with E-state index in [1.165, 1.54) is 36.4 Å². The highest BCUT2D eigenvalue weighted by Crippen LogP contribution is 2.26. The topological polar surface area (TPSA) is 68.3 Å². The molecule has 0 spiro atoms. The molecule has 0 aliphatic carbocycles. The van der Waals surface area contributed by atoms with Crippen LogP contribution in [0.15, 0.2) is 68.8 Å². The second-order valence-electron chi connectivity index (χ2n) is 5.95. The van der Waals surface area contributed by atoms with Gasteiger partial charge in [0.2, 0.25) is 9.84 Å². The summed E-state index contributed by atoms with van der Waals surface area (Å²) in [7, 11) is -7.71. The first-order chi connectivity index (χ1) is 11.5. The standard InChI is InChI=1S/C18H19ClO4S2/c1-13(2)18(25(22,23)17-8-4-14(3)5-9-17)12-24(20,21)16-10-6-15(19)7-11-16/h4-11H,12H2,1-3H3. The summed E-state index contributed by atoms with van der Waals surface area (Å²) in [6.45, 7) is 5.04. The monoisotopic (exact) mass is 398 g/mol. The highest BCUT2D eigenvalue weighted by Gasteiger charge is 2.28. The fraction of sp³-hybridized carbons (Fsp3) is 0.222. The minimum atomic E-state index is -3.89. The SMILES string of the molecule is CC(C)=C(CS(=O)(=O)c1ccc(Cl)cc1)S(=O)(=O)c1ccc(C)cc1. The maximum absolute atomic E-state index is 12.9. The van der Waals surface area contributed by atoms with Crippen LogP contribution in [-0.2, 0) is 19.7 Å². The Labute approximate surface area is 154 Å². The number of allylic oxidation sites excluding steroid dienone is 1. The number of rotatable bonds is 5. The molecule has 2 aromatic rings. The smallest absolute Gasteiger partial charge is 0.203 e. The van der Waals surface area contributed by atoms with Crippen LogP contribution in [0.1, 0.15) is 19.4 Å². The molecule has 4 nitrogen and oxygen atoms in total. The number of hydrogen-bond donors (Lipinski definition) is 0. The van der Waals surface area contributed by atoms with Crippen molar-refractivity contribution in [3.05, 3.63) is 69.6 Å². The molecule has 0 N–H and O–H groups in total. The van der Waals surface area contributed by atoms with Crippen molar-refractivity contribution in [1.29, 1.82) is 0 Å². The van der Waals surface area contributed by atoms with Gasteiger partial charge in [-0.25, -0.2) is 16.8 Å². The van der Waals surface area contributed by atoms with Gasteiger partial charge >= 0.3 is 0 Å². The Morgan fingerprint density at radius 3 is 1.80 bits per heavy atom. The van der Waals surface area contributed by atoms with Gasteiger partial charge in [-0.1, -0.05) is 34.9 Å². The number of hydrogen-bond acceptors (Lipinski definition) is 4. The van der Waals surface area contributed by atoms with Gasteiger partial charge in [0.15, 0.2) is 9.84 Å². The summed E-state index contributed by atoms with van der Waals surface area (Å²) >= 11 is 5.78. The van der Waals surface area contributed by atoms with E-state index in [0.717, 1.165) is 5.56 Å². The molecule has 0 saturated heterocycles. The molecule has 134 valence electrons. The Kier molecular flexibility index (Phi) is 5.76. The first-order valence-electron chi connectivity index (χ1n) is 7.50. The van der Waals surface area contributed by atoms with Gasteiger partial charge in [-0.3, -0.25) is 0 Å². The Morgan fingerprint density at radius 1 is 0.840 bits per heavy atom. The molecular formula is C18H19ClO4S2. The van der Waals surface area contributed by atoms with E-state index in [-0.39, 0.29) is 14.7 Å². The van der Waals surface area contributed by atoms with Crippen molar-refractivity contribution >= 4 is 31.3 Å². The molecule has 0 atom stereocenters. The zero-order chi connectivity index (χ0) is 18.8. The molecule has 0 bridgehead atoms. The van der Waals surface area contributed by atoms with E-state index in [1.807, 2.05) is 6.92 Å². The molecule has 2 rings (SSSR count). The van der Waals surface area contributed by atoms with Gasteiger partial charge in [0.25, 0.3) is 0 Å². The molecule has 2 aromatic carbocycles. The number of aryl methyl sites for hydroxylation is 1. The largest absolute Gasteiger partial charge is 0.223 e. The Bertz CT molecular complexity index is 998. The van der Waals surface area contributed by atoms with Gasteiger partial charge in [-0.05, 0) is 57.2 Å². The van der Waals surface area contributed by atoms with Crippen LogP contribution < -0.4 is 0 Å². The molecule has 0 amide bonds. The van der Waals surface area contributed by atoms with Crippen molar-refractivity contribution in [2.75, 3.05) is 5.75 Å². The molecule has 7 heteroatoms. The van der Waals surface area contributed by atoms with E-state index in [2.05, 4.69) is 0 Å². The van der Waals surface area contributed by atoms with Gasteiger partial charge in [-0.15, -0.1) is 0 Å². The Hall–Kier alpha value is -1.63. The zero-order valence-electron chi connectivity index (χ0n) is 14.2. The predicted molar refractivity (Wildman–Crippen MR) is 100 cm³/mol. The summed E-state index contributed by atoms with van der Waals surface area (Å²) in [6.07, 6.45) is 0. The number of halogens is 1. The van der Waals surface area contributed by atoms with E-state index in [0.29, 0.717) is 10.6 Å². The fourth-order valence-corrected chi connectivity index (χ4v) is 6.13. The normalized spacial score (nSPS) is 12.0. The average Bonchev–Trinajstić information content (AvgIpc) is 2.53. The summed E-state index contributed by atoms with van der Waals surface area (Å²) in [4.78, 5) is 0.0154. The van der Waals surface area contributed by atoms with Crippen LogP contribution in [0.2, 0.25) is 5.02 Å². The first-order valence-corrected chi connectivity index (χ1v) is 11.0. The molecule has 0 aliphatic heterocycles. The summed E-state index contributed by atoms with van der Waals surface area (Å²) < 4.78 is 51.1. The van der Waals surface area contributed by atoms with E-state index in [9.17, 15) is 16.8 Å². The minimum absolute atomic E-state index is 0.0368. The molecule has 0 aromatic heterocycles. The number of benzene rings is 2. The van der Waals surface area contributed by atoms with E-state index in [4.69, 9.17) is 11.6 Å². The lowest BCUT2D eigenvalue weighted by Crippen LogP contribution is -2.17. The van der Waals surface area contributed by atoms with E-state index >= 15 is 0 Å². The maximum Gasteiger partial charge on any atom is 0.203 e. The van der Waals surface area contributed by atoms with Crippen molar-refractivity contribution in [3.63, 3.8) is 0 Å². The van der Waals surface area contributed by atoms with Gasteiger partial charge in [0.1, 0.15) is 0 Å². The van der Waals surface area contributed by atoms with Crippen molar-refractivity contribution in [1.82, 2.24) is 0 Å².